The summed E-state index contributed by atoms with van der Waals surface area (Å²) in [7, 11) is 0. The Morgan fingerprint density at radius 2 is 1.73 bits per heavy atom. The zero-order valence-corrected chi connectivity index (χ0v) is 23.0. The third kappa shape index (κ3) is 4.59. The van der Waals surface area contributed by atoms with Crippen LogP contribution in [0.25, 0.3) is 16.7 Å². The number of carboxylic acid groups (broad SMARTS) is 1. The summed E-state index contributed by atoms with van der Waals surface area (Å²) >= 11 is 7.67. The molecule has 7 heteroatoms. The second kappa shape index (κ2) is 9.41. The maximum Gasteiger partial charge on any atom is 0.303 e. The summed E-state index contributed by atoms with van der Waals surface area (Å²) in [6.45, 7) is 12.5. The van der Waals surface area contributed by atoms with Crippen LogP contribution < -0.4 is 4.90 Å². The minimum atomic E-state index is -0.696. The number of fused-ring (bicyclic) bond motifs is 1. The molecule has 3 aromatic rings. The second-order valence-electron chi connectivity index (χ2n) is 9.54. The van der Waals surface area contributed by atoms with Gasteiger partial charge in [0, 0.05) is 50.9 Å². The van der Waals surface area contributed by atoms with Gasteiger partial charge in [-0.15, -0.1) is 0 Å². The number of halogens is 2. The van der Waals surface area contributed by atoms with Crippen LogP contribution in [0.2, 0.25) is 0 Å². The molecule has 5 nitrogen and oxygen atoms in total. The molecule has 33 heavy (non-hydrogen) atoms. The van der Waals surface area contributed by atoms with E-state index in [1.165, 1.54) is 27.9 Å². The first-order chi connectivity index (χ1) is 15.6. The molecule has 0 atom stereocenters. The number of hydrogen-bond donors (Lipinski definition) is 1. The number of piperidine rings is 1. The fraction of sp³-hybridized carbons (Fsp3) is 0.462. The van der Waals surface area contributed by atoms with Gasteiger partial charge in [0.1, 0.15) is 5.65 Å². The smallest absolute Gasteiger partial charge is 0.303 e. The Hall–Kier alpha value is -1.86. The highest BCUT2D eigenvalue weighted by Crippen LogP contribution is 2.41. The van der Waals surface area contributed by atoms with Crippen LogP contribution in [-0.2, 0) is 4.79 Å². The lowest BCUT2D eigenvalue weighted by Gasteiger charge is -2.33. The number of nitrogens with zero attached hydrogens (tertiary/aromatic N) is 3. The molecule has 1 saturated heterocycles. The van der Waals surface area contributed by atoms with Gasteiger partial charge in [0.2, 0.25) is 0 Å². The van der Waals surface area contributed by atoms with Gasteiger partial charge in [-0.25, -0.2) is 4.98 Å². The van der Waals surface area contributed by atoms with Crippen LogP contribution in [0.3, 0.4) is 0 Å². The quantitative estimate of drug-likeness (QED) is 0.346. The van der Waals surface area contributed by atoms with Crippen LogP contribution in [0.1, 0.15) is 61.5 Å². The Balaban J connectivity index is 1.84. The van der Waals surface area contributed by atoms with E-state index in [0.29, 0.717) is 5.92 Å². The molecule has 0 radical (unpaired) electrons. The minimum Gasteiger partial charge on any atom is -0.481 e. The van der Waals surface area contributed by atoms with E-state index in [1.54, 1.807) is 0 Å². The molecule has 0 bridgehead atoms. The predicted molar refractivity (Wildman–Crippen MR) is 142 cm³/mol. The minimum absolute atomic E-state index is 0.260. The highest BCUT2D eigenvalue weighted by molar-refractivity contribution is 9.11. The van der Waals surface area contributed by atoms with Crippen molar-refractivity contribution in [2.24, 2.45) is 5.92 Å². The number of benzene rings is 1. The van der Waals surface area contributed by atoms with E-state index < -0.39 is 5.97 Å². The predicted octanol–water partition coefficient (Wildman–Crippen LogP) is 7.29. The van der Waals surface area contributed by atoms with E-state index in [2.05, 4.69) is 87.2 Å². The molecule has 176 valence electrons. The summed E-state index contributed by atoms with van der Waals surface area (Å²) in [5, 5.41) is 10.3. The summed E-state index contributed by atoms with van der Waals surface area (Å²) in [6.07, 6.45) is 2.07. The number of hydrogen-bond acceptors (Lipinski definition) is 3. The van der Waals surface area contributed by atoms with Crippen molar-refractivity contribution in [1.82, 2.24) is 9.55 Å². The van der Waals surface area contributed by atoms with E-state index in [4.69, 9.17) is 10.1 Å². The highest BCUT2D eigenvalue weighted by atomic mass is 79.9. The Morgan fingerprint density at radius 1 is 1.12 bits per heavy atom. The van der Waals surface area contributed by atoms with Crippen molar-refractivity contribution in [3.63, 3.8) is 0 Å². The Morgan fingerprint density at radius 3 is 2.27 bits per heavy atom. The Kier molecular flexibility index (Phi) is 6.92. The fourth-order valence-electron chi connectivity index (χ4n) is 4.95. The van der Waals surface area contributed by atoms with Crippen molar-refractivity contribution in [3.8, 4) is 5.69 Å². The maximum absolute atomic E-state index is 11.1. The zero-order valence-electron chi connectivity index (χ0n) is 19.9. The van der Waals surface area contributed by atoms with Crippen LogP contribution in [0.5, 0.6) is 0 Å². The molecule has 3 heterocycles. The summed E-state index contributed by atoms with van der Waals surface area (Å²) in [4.78, 5) is 18.6. The largest absolute Gasteiger partial charge is 0.481 e. The van der Waals surface area contributed by atoms with E-state index in [1.807, 2.05) is 6.92 Å². The van der Waals surface area contributed by atoms with Gasteiger partial charge in [0.25, 0.3) is 0 Å². The Bertz CT molecular complexity index is 1200. The van der Waals surface area contributed by atoms with Crippen molar-refractivity contribution < 1.29 is 9.90 Å². The van der Waals surface area contributed by atoms with E-state index in [-0.39, 0.29) is 12.3 Å². The van der Waals surface area contributed by atoms with Gasteiger partial charge < -0.3 is 10.0 Å². The molecule has 1 aromatic carbocycles. The van der Waals surface area contributed by atoms with Gasteiger partial charge in [-0.3, -0.25) is 9.36 Å². The monoisotopic (exact) mass is 575 g/mol. The Labute approximate surface area is 212 Å². The second-order valence-corrected chi connectivity index (χ2v) is 11.3. The van der Waals surface area contributed by atoms with Crippen LogP contribution >= 0.6 is 31.9 Å². The summed E-state index contributed by atoms with van der Waals surface area (Å²) < 4.78 is 4.34. The lowest BCUT2D eigenvalue weighted by molar-refractivity contribution is -0.138. The molecule has 1 aliphatic rings. The van der Waals surface area contributed by atoms with E-state index in [0.717, 1.165) is 51.9 Å². The van der Waals surface area contributed by atoms with Gasteiger partial charge in [0.05, 0.1) is 5.69 Å². The summed E-state index contributed by atoms with van der Waals surface area (Å²) in [6, 6.07) is 6.59. The van der Waals surface area contributed by atoms with E-state index >= 15 is 0 Å². The summed E-state index contributed by atoms with van der Waals surface area (Å²) in [5.41, 5.74) is 7.89. The number of aromatic nitrogens is 2. The SMILES string of the molecule is Cc1cc(N2CCC(CC(=O)O)CC2)c2c(C)c(C)n(-c3c(Br)cc(C(C)C)cc3Br)c2n1. The molecule has 0 amide bonds. The maximum atomic E-state index is 11.1. The first-order valence-corrected chi connectivity index (χ1v) is 13.1. The number of carbonyl (C=O) groups is 1. The van der Waals surface area contributed by atoms with Crippen molar-refractivity contribution in [2.75, 3.05) is 18.0 Å². The van der Waals surface area contributed by atoms with Crippen molar-refractivity contribution in [2.45, 2.75) is 59.8 Å². The third-order valence-corrected chi connectivity index (χ3v) is 8.13. The molecule has 1 aliphatic heterocycles. The molecular weight excluding hydrogens is 546 g/mol. The molecule has 0 aliphatic carbocycles. The highest BCUT2D eigenvalue weighted by Gasteiger charge is 2.26. The van der Waals surface area contributed by atoms with Crippen molar-refractivity contribution in [1.29, 1.82) is 0 Å². The van der Waals surface area contributed by atoms with E-state index in [9.17, 15) is 4.79 Å². The average Bonchev–Trinajstić information content (AvgIpc) is 2.97. The normalized spacial score (nSPS) is 15.1. The molecule has 1 fully saturated rings. The molecule has 1 N–H and O–H groups in total. The van der Waals surface area contributed by atoms with Crippen LogP contribution in [-0.4, -0.2) is 33.7 Å². The first-order valence-electron chi connectivity index (χ1n) is 11.5. The van der Waals surface area contributed by atoms with Crippen molar-refractivity contribution >= 4 is 54.5 Å². The van der Waals surface area contributed by atoms with Gasteiger partial charge in [0.15, 0.2) is 0 Å². The van der Waals surface area contributed by atoms with Crippen LogP contribution in [0.4, 0.5) is 5.69 Å². The van der Waals surface area contributed by atoms with Crippen LogP contribution in [0, 0.1) is 26.7 Å². The number of aryl methyl sites for hydroxylation is 2. The van der Waals surface area contributed by atoms with Crippen molar-refractivity contribution in [3.05, 3.63) is 49.7 Å². The summed E-state index contributed by atoms with van der Waals surface area (Å²) in [5.74, 6) is 0.00156. The van der Waals surface area contributed by atoms with Gasteiger partial charge in [-0.2, -0.15) is 0 Å². The molecule has 0 spiro atoms. The number of carboxylic acids is 1. The molecule has 4 rings (SSSR count). The van der Waals surface area contributed by atoms with Gasteiger partial charge in [-0.05, 0) is 107 Å². The van der Waals surface area contributed by atoms with Gasteiger partial charge >= 0.3 is 5.97 Å². The lowest BCUT2D eigenvalue weighted by atomic mass is 9.93. The van der Waals surface area contributed by atoms with Gasteiger partial charge in [-0.1, -0.05) is 13.8 Å². The number of anilines is 1. The topological polar surface area (TPSA) is 58.4 Å². The zero-order chi connectivity index (χ0) is 24.0. The van der Waals surface area contributed by atoms with Crippen LogP contribution in [0.15, 0.2) is 27.1 Å². The average molecular weight is 577 g/mol. The number of rotatable bonds is 5. The lowest BCUT2D eigenvalue weighted by Crippen LogP contribution is -2.34. The molecule has 0 saturated carbocycles. The molecule has 2 aromatic heterocycles. The molecule has 0 unspecified atom stereocenters. The molecular formula is C26H31Br2N3O2. The number of aliphatic carboxylic acids is 1. The fourth-order valence-corrected chi connectivity index (χ4v) is 6.53. The first kappa shape index (κ1) is 24.3. The standard InChI is InChI=1S/C26H31Br2N3O2/c1-14(2)19-12-20(27)25(21(28)13-19)31-17(5)16(4)24-22(10-15(3)29-26(24)31)30-8-6-18(7-9-30)11-23(32)33/h10,12-14,18H,6-9,11H2,1-5H3,(H,32,33). The third-order valence-electron chi connectivity index (χ3n) is 6.92. The number of pyridine rings is 1.